The van der Waals surface area contributed by atoms with Gasteiger partial charge in [-0.2, -0.15) is 5.10 Å². The third kappa shape index (κ3) is 4.47. The van der Waals surface area contributed by atoms with Crippen LogP contribution in [0.5, 0.6) is 0 Å². The Bertz CT molecular complexity index is 1440. The predicted molar refractivity (Wildman–Crippen MR) is 124 cm³/mol. The van der Waals surface area contributed by atoms with Crippen LogP contribution in [0.15, 0.2) is 36.7 Å². The number of nitrogens with two attached hydrogens (primary N) is 1. The molecule has 0 saturated carbocycles. The van der Waals surface area contributed by atoms with Gasteiger partial charge < -0.3 is 15.7 Å². The van der Waals surface area contributed by atoms with Crippen LogP contribution in [0.4, 0.5) is 10.2 Å². The van der Waals surface area contributed by atoms with E-state index >= 15 is 0 Å². The lowest BCUT2D eigenvalue weighted by molar-refractivity contribution is 0.0779. The number of rotatable bonds is 3. The highest BCUT2D eigenvalue weighted by Gasteiger charge is 2.20. The van der Waals surface area contributed by atoms with Crippen molar-refractivity contribution >= 4 is 33.5 Å². The topological polar surface area (TPSA) is 110 Å². The molecule has 33 heavy (non-hydrogen) atoms. The summed E-state index contributed by atoms with van der Waals surface area (Å²) < 4.78 is 16.5. The first kappa shape index (κ1) is 22.2. The van der Waals surface area contributed by atoms with Crippen molar-refractivity contribution in [2.24, 2.45) is 7.05 Å². The van der Waals surface area contributed by atoms with E-state index in [0.717, 1.165) is 0 Å². The minimum absolute atomic E-state index is 0.0771. The molecular formula is C24H23FN6O2. The summed E-state index contributed by atoms with van der Waals surface area (Å²) >= 11 is 0. The van der Waals surface area contributed by atoms with Gasteiger partial charge in [-0.05, 0) is 32.0 Å². The molecule has 3 aromatic heterocycles. The second-order valence-corrected chi connectivity index (χ2v) is 8.39. The summed E-state index contributed by atoms with van der Waals surface area (Å²) in [6, 6.07) is 6.20. The number of aryl methyl sites for hydroxylation is 1. The Morgan fingerprint density at radius 2 is 2.03 bits per heavy atom. The van der Waals surface area contributed by atoms with Crippen molar-refractivity contribution in [3.8, 4) is 11.8 Å². The number of pyridine rings is 2. The summed E-state index contributed by atoms with van der Waals surface area (Å²) in [5.41, 5.74) is 7.09. The fraction of sp³-hybridized carbons (Fsp3) is 0.250. The number of carbonyl (C=O) groups excluding carboxylic acids is 1. The number of carbonyl (C=O) groups is 1. The maximum absolute atomic E-state index is 14.9. The first-order chi connectivity index (χ1) is 15.5. The molecule has 0 bridgehead atoms. The van der Waals surface area contributed by atoms with Crippen LogP contribution in [0.25, 0.3) is 21.8 Å². The highest BCUT2D eigenvalue weighted by Crippen LogP contribution is 2.29. The fourth-order valence-electron chi connectivity index (χ4n) is 3.48. The van der Waals surface area contributed by atoms with Gasteiger partial charge in [-0.1, -0.05) is 11.8 Å². The molecule has 0 spiro atoms. The zero-order valence-electron chi connectivity index (χ0n) is 18.7. The third-order valence-electron chi connectivity index (χ3n) is 5.11. The van der Waals surface area contributed by atoms with Crippen LogP contribution in [0.3, 0.4) is 0 Å². The van der Waals surface area contributed by atoms with E-state index in [4.69, 9.17) is 5.73 Å². The number of aromatic nitrogens is 4. The van der Waals surface area contributed by atoms with E-state index in [-0.39, 0.29) is 17.9 Å². The van der Waals surface area contributed by atoms with Gasteiger partial charge in [-0.25, -0.2) is 9.37 Å². The summed E-state index contributed by atoms with van der Waals surface area (Å²) in [6.45, 7) is 3.37. The molecule has 3 heterocycles. The van der Waals surface area contributed by atoms with E-state index in [9.17, 15) is 14.3 Å². The number of anilines is 1. The van der Waals surface area contributed by atoms with Gasteiger partial charge in [-0.15, -0.1) is 0 Å². The maximum atomic E-state index is 14.9. The molecule has 0 aliphatic rings. The molecule has 4 rings (SSSR count). The third-order valence-corrected chi connectivity index (χ3v) is 5.11. The minimum Gasteiger partial charge on any atom is -0.383 e. The molecule has 3 N–H and O–H groups in total. The van der Waals surface area contributed by atoms with Crippen LogP contribution in [0.2, 0.25) is 0 Å². The second-order valence-electron chi connectivity index (χ2n) is 8.39. The van der Waals surface area contributed by atoms with Gasteiger partial charge in [0.25, 0.3) is 5.91 Å². The number of hydrogen-bond acceptors (Lipinski definition) is 6. The molecule has 0 saturated heterocycles. The normalized spacial score (nSPS) is 11.5. The summed E-state index contributed by atoms with van der Waals surface area (Å²) in [4.78, 5) is 23.0. The molecule has 0 unspecified atom stereocenters. The molecular weight excluding hydrogens is 423 g/mol. The molecule has 0 radical (unpaired) electrons. The Morgan fingerprint density at radius 1 is 1.27 bits per heavy atom. The Balaban J connectivity index is 1.62. The van der Waals surface area contributed by atoms with Crippen LogP contribution in [0, 0.1) is 17.7 Å². The number of benzene rings is 1. The van der Waals surface area contributed by atoms with Gasteiger partial charge in [0.2, 0.25) is 0 Å². The number of amides is 1. The van der Waals surface area contributed by atoms with Crippen molar-refractivity contribution in [2.45, 2.75) is 26.0 Å². The van der Waals surface area contributed by atoms with Crippen molar-refractivity contribution in [3.63, 3.8) is 0 Å². The van der Waals surface area contributed by atoms with Crippen LogP contribution >= 0.6 is 0 Å². The smallest absolute Gasteiger partial charge is 0.256 e. The van der Waals surface area contributed by atoms with E-state index in [1.165, 1.54) is 17.0 Å². The van der Waals surface area contributed by atoms with Crippen molar-refractivity contribution in [3.05, 3.63) is 59.3 Å². The van der Waals surface area contributed by atoms with E-state index in [1.54, 1.807) is 57.2 Å². The molecule has 168 valence electrons. The van der Waals surface area contributed by atoms with Gasteiger partial charge in [0.05, 0.1) is 40.4 Å². The first-order valence-electron chi connectivity index (χ1n) is 10.2. The maximum Gasteiger partial charge on any atom is 0.256 e. The number of nitrogens with zero attached hydrogens (tertiary/aromatic N) is 5. The van der Waals surface area contributed by atoms with Crippen molar-refractivity contribution < 1.29 is 14.3 Å². The quantitative estimate of drug-likeness (QED) is 0.468. The number of fused-ring (bicyclic) bond motifs is 3. The minimum atomic E-state index is -1.10. The fourth-order valence-corrected chi connectivity index (χ4v) is 3.48. The average molecular weight is 446 g/mol. The Morgan fingerprint density at radius 3 is 2.70 bits per heavy atom. The highest BCUT2D eigenvalue weighted by atomic mass is 19.1. The van der Waals surface area contributed by atoms with Gasteiger partial charge in [0.1, 0.15) is 17.2 Å². The zero-order valence-corrected chi connectivity index (χ0v) is 18.7. The summed E-state index contributed by atoms with van der Waals surface area (Å²) in [6.07, 6.45) is 3.16. The van der Waals surface area contributed by atoms with Gasteiger partial charge in [0, 0.05) is 37.3 Å². The predicted octanol–water partition coefficient (Wildman–Crippen LogP) is 2.63. The van der Waals surface area contributed by atoms with Crippen LogP contribution in [-0.2, 0) is 13.6 Å². The summed E-state index contributed by atoms with van der Waals surface area (Å²) in [7, 11) is 3.33. The number of nitrogen functional groups attached to an aromatic ring is 1. The van der Waals surface area contributed by atoms with Crippen LogP contribution < -0.4 is 5.73 Å². The Kier molecular flexibility index (Phi) is 5.47. The standard InChI is InChI=1S/C24H23FN6O2/c1-24(2,33)8-7-14-5-6-15(27-11-14)13-30(3)23(32)16-9-17-20(10-19(16)25)29-22(26)18-12-28-31(4)21(17)18/h5-6,9-12,33H,13H2,1-4H3,(H2,26,29). The monoisotopic (exact) mass is 446 g/mol. The van der Waals surface area contributed by atoms with Crippen LogP contribution in [-0.4, -0.2) is 48.3 Å². The van der Waals surface area contributed by atoms with E-state index < -0.39 is 17.3 Å². The molecule has 0 atom stereocenters. The first-order valence-corrected chi connectivity index (χ1v) is 10.2. The second kappa shape index (κ2) is 8.15. The molecule has 0 fully saturated rings. The SMILES string of the molecule is CN(Cc1ccc(C#CC(C)(C)O)cn1)C(=O)c1cc2c(cc1F)nc(N)c1cnn(C)c12. The van der Waals surface area contributed by atoms with Gasteiger partial charge in [0.15, 0.2) is 0 Å². The number of aliphatic hydroxyl groups is 1. The van der Waals surface area contributed by atoms with Gasteiger partial charge >= 0.3 is 0 Å². The molecule has 9 heteroatoms. The average Bonchev–Trinajstić information content (AvgIpc) is 3.14. The Hall–Kier alpha value is -4.03. The summed E-state index contributed by atoms with van der Waals surface area (Å²) in [5, 5.41) is 15.1. The van der Waals surface area contributed by atoms with Crippen molar-refractivity contribution in [1.29, 1.82) is 0 Å². The lowest BCUT2D eigenvalue weighted by atomic mass is 10.1. The molecule has 1 amide bonds. The Labute approximate surface area is 189 Å². The molecule has 8 nitrogen and oxygen atoms in total. The van der Waals surface area contributed by atoms with Crippen molar-refractivity contribution in [1.82, 2.24) is 24.6 Å². The molecule has 4 aromatic rings. The highest BCUT2D eigenvalue weighted by molar-refractivity contribution is 6.10. The number of hydrogen-bond donors (Lipinski definition) is 2. The van der Waals surface area contributed by atoms with Crippen LogP contribution in [0.1, 0.15) is 35.5 Å². The molecule has 0 aliphatic carbocycles. The zero-order chi connectivity index (χ0) is 23.9. The lowest BCUT2D eigenvalue weighted by Crippen LogP contribution is -2.27. The summed E-state index contributed by atoms with van der Waals surface area (Å²) in [5.74, 6) is 4.64. The largest absolute Gasteiger partial charge is 0.383 e. The lowest BCUT2D eigenvalue weighted by Gasteiger charge is -2.18. The molecule has 0 aliphatic heterocycles. The van der Waals surface area contributed by atoms with E-state index in [1.807, 2.05) is 0 Å². The van der Waals surface area contributed by atoms with Crippen molar-refractivity contribution in [2.75, 3.05) is 12.8 Å². The number of halogens is 1. The van der Waals surface area contributed by atoms with E-state index in [0.29, 0.717) is 33.1 Å². The van der Waals surface area contributed by atoms with Gasteiger partial charge in [-0.3, -0.25) is 14.5 Å². The van der Waals surface area contributed by atoms with E-state index in [2.05, 4.69) is 26.9 Å². The molecule has 1 aromatic carbocycles.